The summed E-state index contributed by atoms with van der Waals surface area (Å²) in [7, 11) is -3.78. The normalized spacial score (nSPS) is 13.1. The van der Waals surface area contributed by atoms with Crippen LogP contribution in [0.1, 0.15) is 16.8 Å². The third kappa shape index (κ3) is 3.72. The molecule has 0 saturated heterocycles. The smallest absolute Gasteiger partial charge is 0.243 e. The van der Waals surface area contributed by atoms with Gasteiger partial charge in [0.15, 0.2) is 11.5 Å². The molecule has 1 aliphatic heterocycles. The highest BCUT2D eigenvalue weighted by Crippen LogP contribution is 2.35. The van der Waals surface area contributed by atoms with Crippen LogP contribution in [0.5, 0.6) is 11.5 Å². The van der Waals surface area contributed by atoms with Gasteiger partial charge in [0.25, 0.3) is 0 Å². The zero-order valence-corrected chi connectivity index (χ0v) is 16.2. The van der Waals surface area contributed by atoms with E-state index in [9.17, 15) is 8.42 Å². The molecule has 0 saturated carbocycles. The third-order valence-corrected chi connectivity index (χ3v) is 6.42. The molecule has 4 rings (SSSR count). The van der Waals surface area contributed by atoms with E-state index >= 15 is 0 Å². The molecule has 0 amide bonds. The van der Waals surface area contributed by atoms with Crippen LogP contribution in [0.15, 0.2) is 71.8 Å². The summed E-state index contributed by atoms with van der Waals surface area (Å²) >= 11 is 0. The number of rotatable bonds is 6. The van der Waals surface area contributed by atoms with Gasteiger partial charge in [-0.3, -0.25) is 4.98 Å². The summed E-state index contributed by atoms with van der Waals surface area (Å²) in [4.78, 5) is 4.54. The van der Waals surface area contributed by atoms with E-state index < -0.39 is 10.0 Å². The number of aryl methyl sites for hydroxylation is 1. The fourth-order valence-corrected chi connectivity index (χ4v) is 4.46. The van der Waals surface area contributed by atoms with Crippen molar-refractivity contribution >= 4 is 10.0 Å². The maximum Gasteiger partial charge on any atom is 0.243 e. The lowest BCUT2D eigenvalue weighted by molar-refractivity contribution is 0.174. The van der Waals surface area contributed by atoms with Crippen molar-refractivity contribution in [2.45, 2.75) is 24.9 Å². The molecule has 7 heteroatoms. The van der Waals surface area contributed by atoms with Crippen molar-refractivity contribution in [3.8, 4) is 11.5 Å². The van der Waals surface area contributed by atoms with Crippen molar-refractivity contribution in [1.29, 1.82) is 0 Å². The molecule has 0 unspecified atom stereocenters. The van der Waals surface area contributed by atoms with Crippen molar-refractivity contribution in [3.05, 3.63) is 83.7 Å². The lowest BCUT2D eigenvalue weighted by Gasteiger charge is -2.23. The third-order valence-electron chi connectivity index (χ3n) is 4.63. The molecule has 1 aliphatic rings. The number of fused-ring (bicyclic) bond motifs is 1. The summed E-state index contributed by atoms with van der Waals surface area (Å²) in [6.45, 7) is 2.45. The van der Waals surface area contributed by atoms with Crippen LogP contribution in [0, 0.1) is 6.92 Å². The summed E-state index contributed by atoms with van der Waals surface area (Å²) in [6.07, 6.45) is 1.68. The second kappa shape index (κ2) is 7.61. The first-order valence-corrected chi connectivity index (χ1v) is 10.3. The summed E-state index contributed by atoms with van der Waals surface area (Å²) < 4.78 is 39.0. The van der Waals surface area contributed by atoms with Gasteiger partial charge < -0.3 is 9.47 Å². The molecule has 0 fully saturated rings. The van der Waals surface area contributed by atoms with Crippen LogP contribution < -0.4 is 9.47 Å². The number of hydrogen-bond acceptors (Lipinski definition) is 5. The first kappa shape index (κ1) is 18.5. The van der Waals surface area contributed by atoms with Gasteiger partial charge in [0.2, 0.25) is 16.8 Å². The average molecular weight is 396 g/mol. The van der Waals surface area contributed by atoms with E-state index in [1.807, 2.05) is 49.4 Å². The summed E-state index contributed by atoms with van der Waals surface area (Å²) in [5, 5.41) is 0. The number of pyridine rings is 1. The SMILES string of the molecule is Cc1cccnc1CN(Cc1ccccc1)S(=O)(=O)c1ccc2c(c1)OCO2. The van der Waals surface area contributed by atoms with Crippen LogP contribution >= 0.6 is 0 Å². The minimum absolute atomic E-state index is 0.0969. The van der Waals surface area contributed by atoms with E-state index in [1.165, 1.54) is 10.4 Å². The Morgan fingerprint density at radius 1 is 0.964 bits per heavy atom. The summed E-state index contributed by atoms with van der Waals surface area (Å²) in [5.41, 5.74) is 2.57. The minimum atomic E-state index is -3.78. The van der Waals surface area contributed by atoms with Crippen LogP contribution in [-0.4, -0.2) is 24.5 Å². The summed E-state index contributed by atoms with van der Waals surface area (Å²) in [5.74, 6) is 0.990. The molecule has 28 heavy (non-hydrogen) atoms. The van der Waals surface area contributed by atoms with E-state index in [0.717, 1.165) is 16.8 Å². The van der Waals surface area contributed by atoms with Gasteiger partial charge in [-0.15, -0.1) is 0 Å². The Labute approximate surface area is 164 Å². The first-order chi connectivity index (χ1) is 13.5. The van der Waals surface area contributed by atoms with Crippen molar-refractivity contribution in [1.82, 2.24) is 9.29 Å². The lowest BCUT2D eigenvalue weighted by Crippen LogP contribution is -2.31. The minimum Gasteiger partial charge on any atom is -0.454 e. The van der Waals surface area contributed by atoms with Gasteiger partial charge in [-0.05, 0) is 36.2 Å². The second-order valence-electron chi connectivity index (χ2n) is 6.54. The van der Waals surface area contributed by atoms with Gasteiger partial charge >= 0.3 is 0 Å². The molecule has 0 bridgehead atoms. The molecule has 0 radical (unpaired) electrons. The number of hydrogen-bond donors (Lipinski definition) is 0. The van der Waals surface area contributed by atoms with Crippen LogP contribution in [0.25, 0.3) is 0 Å². The Hall–Kier alpha value is -2.90. The molecule has 0 spiro atoms. The summed E-state index contributed by atoms with van der Waals surface area (Å²) in [6, 6.07) is 18.0. The van der Waals surface area contributed by atoms with E-state index in [2.05, 4.69) is 4.98 Å². The quantitative estimate of drug-likeness (QED) is 0.638. The molecule has 0 aliphatic carbocycles. The van der Waals surface area contributed by atoms with E-state index in [0.29, 0.717) is 11.5 Å². The number of benzene rings is 2. The van der Waals surface area contributed by atoms with Gasteiger partial charge in [-0.2, -0.15) is 4.31 Å². The highest BCUT2D eigenvalue weighted by molar-refractivity contribution is 7.89. The van der Waals surface area contributed by atoms with Crippen LogP contribution in [0.3, 0.4) is 0 Å². The highest BCUT2D eigenvalue weighted by Gasteiger charge is 2.28. The number of nitrogens with zero attached hydrogens (tertiary/aromatic N) is 2. The molecule has 144 valence electrons. The lowest BCUT2D eigenvalue weighted by atomic mass is 10.2. The first-order valence-electron chi connectivity index (χ1n) is 8.88. The Kier molecular flexibility index (Phi) is 5.02. The molecule has 2 heterocycles. The van der Waals surface area contributed by atoms with E-state index in [1.54, 1.807) is 18.3 Å². The zero-order valence-electron chi connectivity index (χ0n) is 15.4. The fourth-order valence-electron chi connectivity index (χ4n) is 3.05. The predicted octanol–water partition coefficient (Wildman–Crippen LogP) is 3.51. The number of sulfonamides is 1. The number of ether oxygens (including phenoxy) is 2. The van der Waals surface area contributed by atoms with Gasteiger partial charge in [0.1, 0.15) is 0 Å². The molecule has 0 N–H and O–H groups in total. The molecule has 3 aromatic rings. The van der Waals surface area contributed by atoms with Crippen molar-refractivity contribution < 1.29 is 17.9 Å². The Bertz CT molecular complexity index is 1080. The standard InChI is InChI=1S/C21H20N2O4S/c1-16-6-5-11-22-19(16)14-23(13-17-7-3-2-4-8-17)28(24,25)18-9-10-20-21(12-18)27-15-26-20/h2-12H,13-15H2,1H3. The molecule has 2 aromatic carbocycles. The zero-order chi connectivity index (χ0) is 19.6. The predicted molar refractivity (Wildman–Crippen MR) is 104 cm³/mol. The molecule has 1 aromatic heterocycles. The maximum atomic E-state index is 13.5. The van der Waals surface area contributed by atoms with Crippen molar-refractivity contribution in [2.75, 3.05) is 6.79 Å². The van der Waals surface area contributed by atoms with E-state index in [4.69, 9.17) is 9.47 Å². The molecular weight excluding hydrogens is 376 g/mol. The van der Waals surface area contributed by atoms with Crippen molar-refractivity contribution in [3.63, 3.8) is 0 Å². The monoisotopic (exact) mass is 396 g/mol. The van der Waals surface area contributed by atoms with E-state index in [-0.39, 0.29) is 24.8 Å². The Balaban J connectivity index is 1.72. The second-order valence-corrected chi connectivity index (χ2v) is 8.48. The van der Waals surface area contributed by atoms with Crippen molar-refractivity contribution in [2.24, 2.45) is 0 Å². The molecule has 6 nitrogen and oxygen atoms in total. The number of aromatic nitrogens is 1. The fraction of sp³-hybridized carbons (Fsp3) is 0.190. The Morgan fingerprint density at radius 3 is 2.54 bits per heavy atom. The van der Waals surface area contributed by atoms with Crippen LogP contribution in [0.4, 0.5) is 0 Å². The average Bonchev–Trinajstić information content (AvgIpc) is 3.18. The highest BCUT2D eigenvalue weighted by atomic mass is 32.2. The maximum absolute atomic E-state index is 13.5. The van der Waals surface area contributed by atoms with Crippen LogP contribution in [0.2, 0.25) is 0 Å². The van der Waals surface area contributed by atoms with Crippen LogP contribution in [-0.2, 0) is 23.1 Å². The van der Waals surface area contributed by atoms with Gasteiger partial charge in [0.05, 0.1) is 17.1 Å². The largest absolute Gasteiger partial charge is 0.454 e. The molecule has 0 atom stereocenters. The van der Waals surface area contributed by atoms with Gasteiger partial charge in [-0.1, -0.05) is 36.4 Å². The van der Waals surface area contributed by atoms with Gasteiger partial charge in [0, 0.05) is 18.8 Å². The topological polar surface area (TPSA) is 68.7 Å². The Morgan fingerprint density at radius 2 is 1.75 bits per heavy atom. The molecular formula is C21H20N2O4S. The van der Waals surface area contributed by atoms with Gasteiger partial charge in [-0.25, -0.2) is 8.42 Å².